The van der Waals surface area contributed by atoms with Crippen LogP contribution in [0, 0.1) is 13.7 Å². The summed E-state index contributed by atoms with van der Waals surface area (Å²) < 4.78 is 82.6. The maximum absolute atomic E-state index is 13.0. The number of piperazine rings is 1. The van der Waals surface area contributed by atoms with E-state index in [4.69, 9.17) is 21.8 Å². The predicted molar refractivity (Wildman–Crippen MR) is 122 cm³/mol. The van der Waals surface area contributed by atoms with Crippen LogP contribution in [0.25, 0.3) is 0 Å². The number of aliphatic hydroxyl groups is 1. The minimum Gasteiger partial charge on any atom is -0.493 e. The van der Waals surface area contributed by atoms with E-state index in [9.17, 15) is 9.90 Å². The molecule has 1 heterocycles. The first-order chi connectivity index (χ1) is 18.5. The van der Waals surface area contributed by atoms with E-state index in [0.717, 1.165) is 0 Å². The van der Waals surface area contributed by atoms with Crippen LogP contribution in [0.4, 0.5) is 0 Å². The van der Waals surface area contributed by atoms with Crippen LogP contribution < -0.4 is 9.47 Å². The molecule has 0 bridgehead atoms. The molecule has 0 aromatic heterocycles. The fourth-order valence-corrected chi connectivity index (χ4v) is 3.40. The zero-order valence-corrected chi connectivity index (χ0v) is 17.6. The Labute approximate surface area is 198 Å². The number of carbonyl (C=O) groups is 1. The molecule has 1 N–H and O–H groups in total. The second-order valence-electron chi connectivity index (χ2n) is 7.31. The summed E-state index contributed by atoms with van der Waals surface area (Å²) in [5, 5.41) is 10.7. The molecule has 1 aliphatic heterocycles. The van der Waals surface area contributed by atoms with Gasteiger partial charge in [0.25, 0.3) is 0 Å². The third kappa shape index (κ3) is 6.79. The molecule has 2 aromatic rings. The summed E-state index contributed by atoms with van der Waals surface area (Å²) in [5.41, 5.74) is -0.355. The van der Waals surface area contributed by atoms with Crippen molar-refractivity contribution in [2.45, 2.75) is 26.2 Å². The van der Waals surface area contributed by atoms with Crippen LogP contribution in [0.5, 0.6) is 11.5 Å². The summed E-state index contributed by atoms with van der Waals surface area (Å²) in [6.45, 7) is -7.73. The second-order valence-corrected chi connectivity index (χ2v) is 7.31. The molecule has 2 aromatic carbocycles. The number of carbonyl (C=O) groups excluding carboxylic acids is 1. The van der Waals surface area contributed by atoms with Crippen molar-refractivity contribution in [3.05, 3.63) is 59.2 Å². The van der Waals surface area contributed by atoms with Crippen LogP contribution in [-0.2, 0) is 11.2 Å². The van der Waals surface area contributed by atoms with Gasteiger partial charge in [-0.05, 0) is 42.5 Å². The number of hydrogen-bond donors (Lipinski definition) is 1. The Balaban J connectivity index is 1.62. The third-order valence-electron chi connectivity index (χ3n) is 5.04. The zero-order valence-electron chi connectivity index (χ0n) is 26.6. The van der Waals surface area contributed by atoms with Gasteiger partial charge in [0.15, 0.2) is 17.3 Å². The number of aryl methyl sites for hydroxylation is 2. The first kappa shape index (κ1) is 13.9. The van der Waals surface area contributed by atoms with Gasteiger partial charge >= 0.3 is 0 Å². The lowest BCUT2D eigenvalue weighted by Gasteiger charge is -2.35. The van der Waals surface area contributed by atoms with E-state index in [0.29, 0.717) is 5.75 Å². The topological polar surface area (TPSA) is 62.2 Å². The van der Waals surface area contributed by atoms with E-state index in [1.807, 2.05) is 0 Å². The molecular formula is C25H34N2O4. The molecule has 168 valence electrons. The molecule has 1 fully saturated rings. The molecule has 0 amide bonds. The smallest absolute Gasteiger partial charge is 0.161 e. The Hall–Kier alpha value is -2.41. The summed E-state index contributed by atoms with van der Waals surface area (Å²) >= 11 is 0. The maximum Gasteiger partial charge on any atom is 0.161 e. The zero-order chi connectivity index (χ0) is 29.9. The average molecular weight is 436 g/mol. The van der Waals surface area contributed by atoms with E-state index in [1.54, 1.807) is 29.2 Å². The van der Waals surface area contributed by atoms with Crippen molar-refractivity contribution >= 4 is 5.78 Å². The number of para-hydroxylation sites is 2. The van der Waals surface area contributed by atoms with Gasteiger partial charge in [0, 0.05) is 50.1 Å². The van der Waals surface area contributed by atoms with Gasteiger partial charge in [0.05, 0.1) is 15.0 Å². The number of hydrogen-bond acceptors (Lipinski definition) is 6. The minimum absolute atomic E-state index is 0.0169. The highest BCUT2D eigenvalue weighted by Gasteiger charge is 2.21. The molecule has 1 atom stereocenters. The molecule has 3 rings (SSSR count). The monoisotopic (exact) mass is 435 g/mol. The van der Waals surface area contributed by atoms with E-state index in [-0.39, 0.29) is 67.4 Å². The van der Waals surface area contributed by atoms with Crippen molar-refractivity contribution in [3.8, 4) is 11.5 Å². The molecule has 0 aliphatic carbocycles. The maximum atomic E-state index is 13.0. The number of nitrogens with zero attached hydrogens (tertiary/aromatic N) is 2. The molecule has 1 saturated heterocycles. The van der Waals surface area contributed by atoms with Gasteiger partial charge in [0.1, 0.15) is 12.7 Å². The van der Waals surface area contributed by atoms with Gasteiger partial charge in [-0.15, -0.1) is 0 Å². The highest BCUT2D eigenvalue weighted by molar-refractivity contribution is 5.83. The number of ether oxygens (including phenoxy) is 2. The van der Waals surface area contributed by atoms with E-state index >= 15 is 0 Å². The van der Waals surface area contributed by atoms with Crippen LogP contribution >= 0.6 is 0 Å². The second kappa shape index (κ2) is 11.3. The Morgan fingerprint density at radius 2 is 1.74 bits per heavy atom. The highest BCUT2D eigenvalue weighted by atomic mass is 16.5. The summed E-state index contributed by atoms with van der Waals surface area (Å²) in [5.74, 6) is 0.266. The van der Waals surface area contributed by atoms with Crippen molar-refractivity contribution < 1.29 is 31.7 Å². The van der Waals surface area contributed by atoms with Crippen molar-refractivity contribution in [1.29, 1.82) is 0 Å². The van der Waals surface area contributed by atoms with Gasteiger partial charge in [-0.25, -0.2) is 0 Å². The third-order valence-corrected chi connectivity index (χ3v) is 5.04. The van der Waals surface area contributed by atoms with Crippen molar-refractivity contribution in [2.24, 2.45) is 0 Å². The van der Waals surface area contributed by atoms with Crippen LogP contribution in [0.15, 0.2) is 42.5 Å². The lowest BCUT2D eigenvalue weighted by Crippen LogP contribution is -2.50. The van der Waals surface area contributed by atoms with Crippen LogP contribution in [0.3, 0.4) is 0 Å². The van der Waals surface area contributed by atoms with Gasteiger partial charge in [0.2, 0.25) is 0 Å². The van der Waals surface area contributed by atoms with Crippen molar-refractivity contribution in [3.63, 3.8) is 0 Å². The number of benzene rings is 2. The van der Waals surface area contributed by atoms with E-state index < -0.39 is 32.9 Å². The largest absolute Gasteiger partial charge is 0.493 e. The summed E-state index contributed by atoms with van der Waals surface area (Å²) in [4.78, 5) is 16.0. The number of methoxy groups -OCH3 is 1. The lowest BCUT2D eigenvalue weighted by atomic mass is 9.98. The number of rotatable bonds is 10. The van der Waals surface area contributed by atoms with Gasteiger partial charge in [-0.3, -0.25) is 14.6 Å². The summed E-state index contributed by atoms with van der Waals surface area (Å²) in [6.07, 6.45) is -2.99. The molecule has 31 heavy (non-hydrogen) atoms. The Kier molecular flexibility index (Phi) is 5.05. The predicted octanol–water partition coefficient (Wildman–Crippen LogP) is 2.48. The minimum atomic E-state index is -2.63. The molecule has 6 nitrogen and oxygen atoms in total. The Bertz CT molecular complexity index is 1150. The van der Waals surface area contributed by atoms with Crippen LogP contribution in [-0.4, -0.2) is 79.7 Å². The highest BCUT2D eigenvalue weighted by Crippen LogP contribution is 2.25. The summed E-state index contributed by atoms with van der Waals surface area (Å²) in [6, 6.07) is 10.6. The average Bonchev–Trinajstić information content (AvgIpc) is 2.86. The Morgan fingerprint density at radius 1 is 1.10 bits per heavy atom. The molecule has 6 heteroatoms. The van der Waals surface area contributed by atoms with Gasteiger partial charge in [-0.2, -0.15) is 0 Å². The number of β-amino-alcohol motifs (C(OH)–C–C–N with tert-alkyl or cyclic N) is 1. The van der Waals surface area contributed by atoms with Gasteiger partial charge < -0.3 is 14.6 Å². The number of Topliss-reactive ketones (excluding diaryl/α,β-unsaturated/α-hetero) is 1. The molecule has 1 aliphatic rings. The fraction of sp³-hybridized carbons (Fsp3) is 0.480. The van der Waals surface area contributed by atoms with Crippen molar-refractivity contribution in [1.82, 2.24) is 9.80 Å². The first-order valence-corrected chi connectivity index (χ1v) is 10.1. The lowest BCUT2D eigenvalue weighted by molar-refractivity contribution is -0.120. The molecule has 0 spiro atoms. The molecule has 0 radical (unpaired) electrons. The normalized spacial score (nSPS) is 22.7. The quantitative estimate of drug-likeness (QED) is 0.619. The van der Waals surface area contributed by atoms with Crippen LogP contribution in [0.2, 0.25) is 0 Å². The van der Waals surface area contributed by atoms with Crippen molar-refractivity contribution in [2.75, 3.05) is 52.9 Å². The Morgan fingerprint density at radius 3 is 2.39 bits per heavy atom. The standard InChI is InChI=1S/C25H34N2O4/c1-19-7-6-8-20(2)23(19)15-21(28)16-26-11-13-27(14-12-26)17-22(29)18-31-25-10-5-4-9-24(25)30-3/h4-10,22,29H,11-18H2,1-3H3/i1D3,2D3,17D2,22D. The molecule has 1 unspecified atom stereocenters. The molecular weight excluding hydrogens is 392 g/mol. The fourth-order valence-electron chi connectivity index (χ4n) is 3.40. The summed E-state index contributed by atoms with van der Waals surface area (Å²) in [7, 11) is 1.44. The van der Waals surface area contributed by atoms with Gasteiger partial charge in [-0.1, -0.05) is 30.3 Å². The van der Waals surface area contributed by atoms with Crippen LogP contribution in [0.1, 0.15) is 29.0 Å². The number of ketones is 1. The first-order valence-electron chi connectivity index (χ1n) is 14.6. The molecule has 0 saturated carbocycles. The van der Waals surface area contributed by atoms with E-state index in [1.165, 1.54) is 30.2 Å². The van der Waals surface area contributed by atoms with E-state index in [2.05, 4.69) is 0 Å². The SMILES string of the molecule is [2H]C([2H])([2H])c1cccc(C([2H])([2H])[2H])c1CC(=O)CN1CCN(C([2H])([2H])C([2H])(O)COc2ccccc2OC)CC1.